The molecular weight excluding hydrogens is 615 g/mol. The van der Waals surface area contributed by atoms with Gasteiger partial charge in [-0.25, -0.2) is 13.2 Å². The number of halogens is 2. The fraction of sp³-hybridized carbons (Fsp3) is 0.423. The summed E-state index contributed by atoms with van der Waals surface area (Å²) in [5.74, 6) is -1.38. The molecule has 9 nitrogen and oxygen atoms in total. The molecule has 0 unspecified atom stereocenters. The molecule has 2 N–H and O–H groups in total. The van der Waals surface area contributed by atoms with E-state index in [-0.39, 0.29) is 35.7 Å². The van der Waals surface area contributed by atoms with Gasteiger partial charge in [-0.15, -0.1) is 22.7 Å². The molecule has 0 aromatic carbocycles. The van der Waals surface area contributed by atoms with Gasteiger partial charge in [0.25, 0.3) is 5.91 Å². The number of pyridine rings is 1. The molecule has 1 aliphatic rings. The highest BCUT2D eigenvalue weighted by atomic mass is 35.5. The number of likely N-dealkylation sites (tertiary alicyclic amines) is 1. The molecular formula is C26H32Cl2N4O5S3. The van der Waals surface area contributed by atoms with Gasteiger partial charge in [-0.3, -0.25) is 9.78 Å². The van der Waals surface area contributed by atoms with Crippen LogP contribution in [0, 0.1) is 0 Å². The lowest BCUT2D eigenvalue weighted by atomic mass is 10.0. The summed E-state index contributed by atoms with van der Waals surface area (Å²) < 4.78 is 29.2. The summed E-state index contributed by atoms with van der Waals surface area (Å²) in [7, 11) is -3.58. The molecule has 14 heteroatoms. The van der Waals surface area contributed by atoms with E-state index in [1.807, 2.05) is 12.1 Å². The van der Waals surface area contributed by atoms with Gasteiger partial charge in [-0.05, 0) is 75.7 Å². The number of nitrogens with one attached hydrogen (secondary N) is 1. The summed E-state index contributed by atoms with van der Waals surface area (Å²) in [5, 5.41) is 11.0. The first-order chi connectivity index (χ1) is 19.0. The van der Waals surface area contributed by atoms with Gasteiger partial charge in [0, 0.05) is 37.6 Å². The minimum atomic E-state index is -3.58. The number of aromatic nitrogens is 1. The van der Waals surface area contributed by atoms with Gasteiger partial charge in [-0.1, -0.05) is 29.3 Å². The largest absolute Gasteiger partial charge is 0.477 e. The third-order valence-corrected chi connectivity index (χ3v) is 10.6. The normalized spacial score (nSPS) is 14.7. The maximum absolute atomic E-state index is 13.3. The third-order valence-electron chi connectivity index (χ3n) is 6.28. The van der Waals surface area contributed by atoms with E-state index < -0.39 is 16.0 Å². The highest BCUT2D eigenvalue weighted by molar-refractivity contribution is 7.89. The highest BCUT2D eigenvalue weighted by Crippen LogP contribution is 2.24. The molecule has 0 bridgehead atoms. The molecule has 4 heterocycles. The summed E-state index contributed by atoms with van der Waals surface area (Å²) in [5.41, 5.74) is 0.856. The highest BCUT2D eigenvalue weighted by Gasteiger charge is 2.33. The zero-order valence-corrected chi connectivity index (χ0v) is 26.1. The lowest BCUT2D eigenvalue weighted by Crippen LogP contribution is -2.49. The van der Waals surface area contributed by atoms with Crippen LogP contribution in [0.1, 0.15) is 51.6 Å². The van der Waals surface area contributed by atoms with Crippen molar-refractivity contribution in [2.24, 2.45) is 0 Å². The maximum Gasteiger partial charge on any atom is 0.345 e. The van der Waals surface area contributed by atoms with Crippen LogP contribution in [-0.4, -0.2) is 77.1 Å². The first-order valence-electron chi connectivity index (χ1n) is 12.6. The number of nitrogens with zero attached hydrogens (tertiary/aromatic N) is 3. The van der Waals surface area contributed by atoms with Crippen molar-refractivity contribution in [1.29, 1.82) is 0 Å². The van der Waals surface area contributed by atoms with Crippen molar-refractivity contribution in [2.45, 2.75) is 45.3 Å². The number of carbonyl (C=O) groups is 2. The summed E-state index contributed by atoms with van der Waals surface area (Å²) in [6, 6.07) is 10.4. The zero-order chi connectivity index (χ0) is 29.3. The number of rotatable bonds is 10. The monoisotopic (exact) mass is 646 g/mol. The van der Waals surface area contributed by atoms with Crippen LogP contribution in [0.25, 0.3) is 0 Å². The number of thiophene rings is 2. The van der Waals surface area contributed by atoms with Crippen molar-refractivity contribution in [3.8, 4) is 0 Å². The minimum Gasteiger partial charge on any atom is -0.477 e. The fourth-order valence-corrected chi connectivity index (χ4v) is 7.63. The number of carboxylic acids is 1. The number of carboxylic acid groups (broad SMARTS) is 1. The summed E-state index contributed by atoms with van der Waals surface area (Å²) >= 11 is 13.6. The zero-order valence-electron chi connectivity index (χ0n) is 22.1. The smallest absolute Gasteiger partial charge is 0.345 e. The molecule has 0 spiro atoms. The Morgan fingerprint density at radius 2 is 1.73 bits per heavy atom. The van der Waals surface area contributed by atoms with Crippen LogP contribution in [0.4, 0.5) is 0 Å². The molecule has 0 radical (unpaired) electrons. The molecule has 4 rings (SSSR count). The third kappa shape index (κ3) is 9.79. The Bertz CT molecular complexity index is 1360. The quantitative estimate of drug-likeness (QED) is 0.305. The van der Waals surface area contributed by atoms with Crippen LogP contribution in [-0.2, 0) is 16.6 Å². The first kappa shape index (κ1) is 32.5. The van der Waals surface area contributed by atoms with Crippen LogP contribution in [0.15, 0.2) is 48.8 Å². The number of piperidine rings is 1. The van der Waals surface area contributed by atoms with Crippen LogP contribution in [0.3, 0.4) is 0 Å². The fourth-order valence-electron chi connectivity index (χ4n) is 4.18. The Hall–Kier alpha value is -2.06. The van der Waals surface area contributed by atoms with Gasteiger partial charge >= 0.3 is 5.97 Å². The Morgan fingerprint density at radius 1 is 1.10 bits per heavy atom. The Kier molecular flexibility index (Phi) is 12.4. The number of hydrogen-bond acceptors (Lipinski definition) is 8. The van der Waals surface area contributed by atoms with Crippen LogP contribution in [0.5, 0.6) is 0 Å². The minimum absolute atomic E-state index is 0.0467. The number of aromatic carboxylic acids is 1. The molecule has 40 heavy (non-hydrogen) atoms. The topological polar surface area (TPSA) is 120 Å². The van der Waals surface area contributed by atoms with Gasteiger partial charge in [0.1, 0.15) is 4.88 Å². The number of hydrogen-bond donors (Lipinski definition) is 2. The van der Waals surface area contributed by atoms with E-state index in [1.54, 1.807) is 34.9 Å². The summed E-state index contributed by atoms with van der Waals surface area (Å²) in [6.45, 7) is 6.40. The lowest BCUT2D eigenvalue weighted by molar-refractivity contribution is 0.0701. The van der Waals surface area contributed by atoms with Crippen LogP contribution in [0.2, 0.25) is 8.67 Å². The average Bonchev–Trinajstić information content (AvgIpc) is 3.56. The number of sulfonamides is 1. The van der Waals surface area contributed by atoms with Crippen molar-refractivity contribution >= 4 is 67.8 Å². The molecule has 0 aliphatic carbocycles. The second-order valence-electron chi connectivity index (χ2n) is 9.35. The second kappa shape index (κ2) is 15.2. The summed E-state index contributed by atoms with van der Waals surface area (Å²) in [6.07, 6.45) is 4.96. The van der Waals surface area contributed by atoms with E-state index in [2.05, 4.69) is 29.0 Å². The molecule has 218 valence electrons. The standard InChI is InChI=1S/C21H29ClN4O3S2.C5H3ClO2S/c1-16(2)25-11-7-18(8-12-25)26(15-17-4-3-9-23-14-17)31(28,29)13-10-24-21(27)19-5-6-20(22)30-19;6-4-2-1-3(9-4)5(7)8/h3-6,9,14,16,18H,7-8,10-13,15H2,1-2H3,(H,24,27);1-2H,(H,7,8). The number of amides is 1. The van der Waals surface area contributed by atoms with E-state index in [1.165, 1.54) is 17.4 Å². The van der Waals surface area contributed by atoms with Gasteiger partial charge in [0.2, 0.25) is 10.0 Å². The SMILES string of the molecule is CC(C)N1CCC(N(Cc2cccnc2)S(=O)(=O)CCNC(=O)c2ccc(Cl)s2)CC1.O=C(O)c1ccc(Cl)s1. The average molecular weight is 648 g/mol. The van der Waals surface area contributed by atoms with E-state index in [0.29, 0.717) is 19.6 Å². The maximum atomic E-state index is 13.3. The van der Waals surface area contributed by atoms with Gasteiger partial charge in [-0.2, -0.15) is 4.31 Å². The van der Waals surface area contributed by atoms with Crippen LogP contribution < -0.4 is 5.32 Å². The van der Waals surface area contributed by atoms with Gasteiger partial charge < -0.3 is 15.3 Å². The van der Waals surface area contributed by atoms with Gasteiger partial charge in [0.15, 0.2) is 0 Å². The van der Waals surface area contributed by atoms with E-state index in [0.717, 1.165) is 42.8 Å². The molecule has 0 atom stereocenters. The Balaban J connectivity index is 0.000000415. The first-order valence-corrected chi connectivity index (χ1v) is 16.6. The van der Waals surface area contributed by atoms with Crippen molar-refractivity contribution < 1.29 is 23.1 Å². The number of carbonyl (C=O) groups excluding carboxylic acids is 1. The van der Waals surface area contributed by atoms with Crippen molar-refractivity contribution in [2.75, 3.05) is 25.4 Å². The molecule has 3 aromatic heterocycles. The van der Waals surface area contributed by atoms with Crippen molar-refractivity contribution in [3.63, 3.8) is 0 Å². The van der Waals surface area contributed by atoms with E-state index in [4.69, 9.17) is 28.3 Å². The predicted molar refractivity (Wildman–Crippen MR) is 161 cm³/mol. The second-order valence-corrected chi connectivity index (χ2v) is 14.8. The molecule has 1 aliphatic heterocycles. The molecule has 3 aromatic rings. The van der Waals surface area contributed by atoms with Crippen molar-refractivity contribution in [3.05, 3.63) is 72.8 Å². The molecule has 0 saturated carbocycles. The molecule has 1 fully saturated rings. The van der Waals surface area contributed by atoms with E-state index in [9.17, 15) is 18.0 Å². The summed E-state index contributed by atoms with van der Waals surface area (Å²) in [4.78, 5) is 29.6. The predicted octanol–water partition coefficient (Wildman–Crippen LogP) is 5.33. The Labute approximate surface area is 252 Å². The van der Waals surface area contributed by atoms with Gasteiger partial charge in [0.05, 0.1) is 19.3 Å². The Morgan fingerprint density at radius 3 is 2.20 bits per heavy atom. The lowest BCUT2D eigenvalue weighted by Gasteiger charge is -2.39. The van der Waals surface area contributed by atoms with Crippen LogP contribution >= 0.6 is 45.9 Å². The van der Waals surface area contributed by atoms with E-state index >= 15 is 0 Å². The van der Waals surface area contributed by atoms with Crippen molar-refractivity contribution in [1.82, 2.24) is 19.5 Å². The molecule has 1 saturated heterocycles. The molecule has 1 amide bonds.